The number of aromatic nitrogens is 3. The van der Waals surface area contributed by atoms with Gasteiger partial charge in [0.25, 0.3) is 0 Å². The number of nitrogens with two attached hydrogens (primary N) is 1. The highest BCUT2D eigenvalue weighted by molar-refractivity contribution is 9.10. The topological polar surface area (TPSA) is 65.4 Å². The van der Waals surface area contributed by atoms with Crippen molar-refractivity contribution in [1.82, 2.24) is 14.6 Å². The number of fused-ring (bicyclic) bond motifs is 3. The molecule has 118 valence electrons. The monoisotopic (exact) mass is 364 g/mol. The Kier molecular flexibility index (Phi) is 2.84. The molecular formula is C16H21BrN4O. The van der Waals surface area contributed by atoms with Gasteiger partial charge in [-0.2, -0.15) is 0 Å². The second kappa shape index (κ2) is 4.37. The summed E-state index contributed by atoms with van der Waals surface area (Å²) in [6, 6.07) is 1.91. The molecule has 0 unspecified atom stereocenters. The Labute approximate surface area is 138 Å². The number of hydrogen-bond acceptors (Lipinski definition) is 4. The maximum atomic E-state index is 6.43. The van der Waals surface area contributed by atoms with Crippen molar-refractivity contribution in [2.24, 2.45) is 16.7 Å². The smallest absolute Gasteiger partial charge is 0.226 e. The molecule has 2 aliphatic carbocycles. The van der Waals surface area contributed by atoms with Crippen molar-refractivity contribution >= 4 is 27.5 Å². The molecule has 3 atom stereocenters. The number of rotatable bonds is 2. The summed E-state index contributed by atoms with van der Waals surface area (Å²) in [6.07, 6.45) is 5.83. The van der Waals surface area contributed by atoms with E-state index in [9.17, 15) is 0 Å². The van der Waals surface area contributed by atoms with Crippen LogP contribution in [0.3, 0.4) is 0 Å². The number of pyridine rings is 1. The highest BCUT2D eigenvalue weighted by atomic mass is 79.9. The Hall–Kier alpha value is -1.30. The minimum atomic E-state index is 0.232. The zero-order valence-corrected chi connectivity index (χ0v) is 14.7. The fraction of sp³-hybridized carbons (Fsp3) is 0.625. The lowest BCUT2D eigenvalue weighted by Crippen LogP contribution is -2.38. The summed E-state index contributed by atoms with van der Waals surface area (Å²) >= 11 is 3.59. The largest absolute Gasteiger partial charge is 0.488 e. The first-order valence-electron chi connectivity index (χ1n) is 7.79. The van der Waals surface area contributed by atoms with Gasteiger partial charge in [0.05, 0.1) is 4.47 Å². The lowest BCUT2D eigenvalue weighted by Gasteiger charge is -2.39. The van der Waals surface area contributed by atoms with Crippen molar-refractivity contribution in [2.45, 2.75) is 46.1 Å². The lowest BCUT2D eigenvalue weighted by molar-refractivity contribution is 0.0297. The Morgan fingerprint density at radius 1 is 1.36 bits per heavy atom. The molecule has 0 aliphatic heterocycles. The fourth-order valence-electron chi connectivity index (χ4n) is 4.46. The van der Waals surface area contributed by atoms with Crippen molar-refractivity contribution in [3.63, 3.8) is 0 Å². The molecule has 4 rings (SSSR count). The van der Waals surface area contributed by atoms with E-state index in [-0.39, 0.29) is 11.5 Å². The van der Waals surface area contributed by atoms with Crippen molar-refractivity contribution in [3.8, 4) is 5.75 Å². The van der Waals surface area contributed by atoms with Crippen molar-refractivity contribution in [1.29, 1.82) is 0 Å². The van der Waals surface area contributed by atoms with Gasteiger partial charge >= 0.3 is 0 Å². The number of nitrogen functional groups attached to an aromatic ring is 1. The Bertz CT molecular complexity index is 756. The molecule has 2 N–H and O–H groups in total. The predicted molar refractivity (Wildman–Crippen MR) is 88.7 cm³/mol. The molecule has 2 aromatic heterocycles. The Balaban J connectivity index is 1.69. The quantitative estimate of drug-likeness (QED) is 0.882. The van der Waals surface area contributed by atoms with E-state index in [1.54, 1.807) is 4.40 Å². The first kappa shape index (κ1) is 14.3. The van der Waals surface area contributed by atoms with E-state index in [4.69, 9.17) is 10.5 Å². The van der Waals surface area contributed by atoms with Gasteiger partial charge in [-0.15, -0.1) is 10.2 Å². The Morgan fingerprint density at radius 2 is 2.14 bits per heavy atom. The van der Waals surface area contributed by atoms with Crippen LogP contribution in [0.1, 0.15) is 40.0 Å². The van der Waals surface area contributed by atoms with Crippen LogP contribution >= 0.6 is 15.9 Å². The van der Waals surface area contributed by atoms with Crippen molar-refractivity contribution < 1.29 is 4.74 Å². The van der Waals surface area contributed by atoms with Crippen LogP contribution in [0.15, 0.2) is 16.7 Å². The SMILES string of the molecule is CC1(C)[C@H]2CC[C@@]1(C)[C@H](Oc1cc3nnc(N)n3cc1Br)C2. The van der Waals surface area contributed by atoms with Crippen molar-refractivity contribution in [2.75, 3.05) is 5.73 Å². The molecule has 0 spiro atoms. The molecule has 5 nitrogen and oxygen atoms in total. The van der Waals surface area contributed by atoms with Crippen LogP contribution in [0, 0.1) is 16.7 Å². The molecule has 2 aromatic rings. The molecule has 0 aromatic carbocycles. The summed E-state index contributed by atoms with van der Waals surface area (Å²) in [5.41, 5.74) is 7.08. The zero-order chi connectivity index (χ0) is 15.7. The predicted octanol–water partition coefficient (Wildman–Crippen LogP) is 3.67. The van der Waals surface area contributed by atoms with Gasteiger partial charge in [-0.1, -0.05) is 20.8 Å². The number of hydrogen-bond donors (Lipinski definition) is 1. The van der Waals surface area contributed by atoms with E-state index in [1.165, 1.54) is 12.8 Å². The number of halogens is 1. The average molecular weight is 365 g/mol. The summed E-state index contributed by atoms with van der Waals surface area (Å²) in [4.78, 5) is 0. The van der Waals surface area contributed by atoms with Crippen LogP contribution < -0.4 is 10.5 Å². The van der Waals surface area contributed by atoms with Crippen LogP contribution in [-0.4, -0.2) is 20.7 Å². The van der Waals surface area contributed by atoms with E-state index in [0.29, 0.717) is 17.0 Å². The van der Waals surface area contributed by atoms with Gasteiger partial charge in [-0.25, -0.2) is 0 Å². The summed E-state index contributed by atoms with van der Waals surface area (Å²) < 4.78 is 9.07. The molecule has 0 saturated heterocycles. The number of anilines is 1. The van der Waals surface area contributed by atoms with Crippen LogP contribution in [0.2, 0.25) is 0 Å². The van der Waals surface area contributed by atoms with Crippen LogP contribution in [0.25, 0.3) is 5.65 Å². The summed E-state index contributed by atoms with van der Waals surface area (Å²) in [6.45, 7) is 7.17. The van der Waals surface area contributed by atoms with Crippen LogP contribution in [0.5, 0.6) is 5.75 Å². The second-order valence-corrected chi connectivity index (χ2v) is 8.34. The standard InChI is InChI=1S/C16H21BrN4O/c1-15(2)9-4-5-16(15,3)12(6-9)22-11-7-13-19-20-14(18)21(13)8-10(11)17/h7-9,12H,4-6H2,1-3H3,(H2,18,20)/t9-,12+,16-/m0/s1. The first-order chi connectivity index (χ1) is 10.3. The molecule has 2 fully saturated rings. The maximum absolute atomic E-state index is 6.43. The number of ether oxygens (including phenoxy) is 1. The van der Waals surface area contributed by atoms with E-state index < -0.39 is 0 Å². The summed E-state index contributed by atoms with van der Waals surface area (Å²) in [7, 11) is 0. The van der Waals surface area contributed by atoms with Gasteiger partial charge in [0, 0.05) is 17.7 Å². The third kappa shape index (κ3) is 1.70. The van der Waals surface area contributed by atoms with Crippen molar-refractivity contribution in [3.05, 3.63) is 16.7 Å². The van der Waals surface area contributed by atoms with E-state index in [0.717, 1.165) is 22.6 Å². The molecule has 2 saturated carbocycles. The van der Waals surface area contributed by atoms with Gasteiger partial charge in [0.2, 0.25) is 5.95 Å². The lowest BCUT2D eigenvalue weighted by atomic mass is 9.70. The van der Waals surface area contributed by atoms with Crippen LogP contribution in [-0.2, 0) is 0 Å². The summed E-state index contributed by atoms with van der Waals surface area (Å²) in [5, 5.41) is 7.97. The molecule has 0 radical (unpaired) electrons. The van der Waals surface area contributed by atoms with E-state index >= 15 is 0 Å². The van der Waals surface area contributed by atoms with Gasteiger partial charge in [-0.05, 0) is 46.5 Å². The minimum Gasteiger partial charge on any atom is -0.488 e. The van der Waals surface area contributed by atoms with E-state index in [1.807, 2.05) is 12.3 Å². The van der Waals surface area contributed by atoms with Gasteiger partial charge < -0.3 is 10.5 Å². The highest BCUT2D eigenvalue weighted by Gasteiger charge is 2.62. The molecular weight excluding hydrogens is 344 g/mol. The molecule has 6 heteroatoms. The zero-order valence-electron chi connectivity index (χ0n) is 13.1. The molecule has 2 bridgehead atoms. The maximum Gasteiger partial charge on any atom is 0.226 e. The van der Waals surface area contributed by atoms with Gasteiger partial charge in [-0.3, -0.25) is 4.40 Å². The van der Waals surface area contributed by atoms with Gasteiger partial charge in [0.15, 0.2) is 5.65 Å². The second-order valence-electron chi connectivity index (χ2n) is 7.49. The first-order valence-corrected chi connectivity index (χ1v) is 8.58. The van der Waals surface area contributed by atoms with E-state index in [2.05, 4.69) is 46.9 Å². The van der Waals surface area contributed by atoms with Crippen LogP contribution in [0.4, 0.5) is 5.95 Å². The normalized spacial score (nSPS) is 32.7. The highest BCUT2D eigenvalue weighted by Crippen LogP contribution is 2.66. The average Bonchev–Trinajstić information content (AvgIpc) is 2.98. The third-order valence-corrected chi connectivity index (χ3v) is 7.07. The molecule has 0 amide bonds. The Morgan fingerprint density at radius 3 is 2.77 bits per heavy atom. The molecule has 2 heterocycles. The fourth-order valence-corrected chi connectivity index (χ4v) is 4.87. The van der Waals surface area contributed by atoms with Gasteiger partial charge in [0.1, 0.15) is 11.9 Å². The molecule has 22 heavy (non-hydrogen) atoms. The third-order valence-electron chi connectivity index (χ3n) is 6.47. The summed E-state index contributed by atoms with van der Waals surface area (Å²) in [5.74, 6) is 1.97. The molecule has 2 aliphatic rings. The number of nitrogens with zero attached hydrogens (tertiary/aromatic N) is 3. The minimum absolute atomic E-state index is 0.232.